The maximum atomic E-state index is 11.9. The van der Waals surface area contributed by atoms with E-state index in [9.17, 15) is 9.59 Å². The largest absolute Gasteiger partial charge is 0.454 e. The van der Waals surface area contributed by atoms with E-state index in [0.717, 1.165) is 0 Å². The van der Waals surface area contributed by atoms with Gasteiger partial charge in [0.05, 0.1) is 10.6 Å². The van der Waals surface area contributed by atoms with Crippen molar-refractivity contribution in [3.63, 3.8) is 0 Å². The Balaban J connectivity index is 2.01. The molecule has 5 heteroatoms. The minimum Gasteiger partial charge on any atom is -0.454 e. The molecule has 0 bridgehead atoms. The van der Waals surface area contributed by atoms with Crippen LogP contribution in [-0.2, 0) is 4.74 Å². The van der Waals surface area contributed by atoms with Crippen molar-refractivity contribution in [3.8, 4) is 0 Å². The van der Waals surface area contributed by atoms with Gasteiger partial charge in [0, 0.05) is 11.3 Å². The predicted octanol–water partition coefficient (Wildman–Crippen LogP) is 2.96. The first-order valence-corrected chi connectivity index (χ1v) is 6.26. The van der Waals surface area contributed by atoms with Gasteiger partial charge in [-0.2, -0.15) is 0 Å². The molecule has 0 heterocycles. The zero-order chi connectivity index (χ0) is 14.5. The SMILES string of the molecule is Nc1cccc(C(=O)OCC(=O)c2ccccc2Cl)c1. The molecule has 2 aromatic carbocycles. The smallest absolute Gasteiger partial charge is 0.338 e. The van der Waals surface area contributed by atoms with Crippen molar-refractivity contribution in [1.82, 2.24) is 0 Å². The second kappa shape index (κ2) is 6.21. The van der Waals surface area contributed by atoms with E-state index in [1.54, 1.807) is 42.5 Å². The van der Waals surface area contributed by atoms with Crippen molar-refractivity contribution < 1.29 is 14.3 Å². The number of carbonyl (C=O) groups is 2. The molecule has 0 saturated heterocycles. The molecule has 2 N–H and O–H groups in total. The number of Topliss-reactive ketones (excluding diaryl/α,β-unsaturated/α-hetero) is 1. The molecule has 0 unspecified atom stereocenters. The molecule has 0 aliphatic heterocycles. The van der Waals surface area contributed by atoms with Crippen molar-refractivity contribution in [2.75, 3.05) is 12.3 Å². The molecule has 0 spiro atoms. The Morgan fingerprint density at radius 2 is 1.85 bits per heavy atom. The molecule has 2 aromatic rings. The number of nitrogen functional groups attached to an aromatic ring is 1. The molecule has 0 amide bonds. The Bertz CT molecular complexity index is 655. The maximum absolute atomic E-state index is 11.9. The van der Waals surface area contributed by atoms with Crippen LogP contribution in [0.15, 0.2) is 48.5 Å². The van der Waals surface area contributed by atoms with Gasteiger partial charge < -0.3 is 10.5 Å². The average Bonchev–Trinajstić information content (AvgIpc) is 2.45. The van der Waals surface area contributed by atoms with E-state index in [1.165, 1.54) is 6.07 Å². The number of benzene rings is 2. The van der Waals surface area contributed by atoms with Crippen molar-refractivity contribution >= 4 is 29.0 Å². The summed E-state index contributed by atoms with van der Waals surface area (Å²) in [5, 5.41) is 0.331. The van der Waals surface area contributed by atoms with Crippen LogP contribution in [0.2, 0.25) is 5.02 Å². The van der Waals surface area contributed by atoms with Gasteiger partial charge in [0.1, 0.15) is 0 Å². The zero-order valence-corrected chi connectivity index (χ0v) is 11.3. The van der Waals surface area contributed by atoms with Gasteiger partial charge in [0.15, 0.2) is 6.61 Å². The predicted molar refractivity (Wildman–Crippen MR) is 76.9 cm³/mol. The molecule has 0 fully saturated rings. The van der Waals surface area contributed by atoms with Gasteiger partial charge in [0.2, 0.25) is 5.78 Å². The van der Waals surface area contributed by atoms with E-state index >= 15 is 0 Å². The molecule has 102 valence electrons. The second-order valence-corrected chi connectivity index (χ2v) is 4.51. The van der Waals surface area contributed by atoms with E-state index < -0.39 is 5.97 Å². The van der Waals surface area contributed by atoms with Gasteiger partial charge in [-0.05, 0) is 30.3 Å². The van der Waals surface area contributed by atoms with E-state index in [-0.39, 0.29) is 12.4 Å². The number of carbonyl (C=O) groups excluding carboxylic acids is 2. The maximum Gasteiger partial charge on any atom is 0.338 e. The number of ketones is 1. The molecule has 20 heavy (non-hydrogen) atoms. The van der Waals surface area contributed by atoms with Gasteiger partial charge in [-0.3, -0.25) is 4.79 Å². The van der Waals surface area contributed by atoms with Crippen molar-refractivity contribution in [3.05, 3.63) is 64.7 Å². The Morgan fingerprint density at radius 3 is 2.55 bits per heavy atom. The Hall–Kier alpha value is -2.33. The first kappa shape index (κ1) is 14.1. The number of nitrogens with two attached hydrogens (primary N) is 1. The summed E-state index contributed by atoms with van der Waals surface area (Å²) in [5.74, 6) is -0.953. The van der Waals surface area contributed by atoms with E-state index in [0.29, 0.717) is 21.8 Å². The minimum atomic E-state index is -0.599. The summed E-state index contributed by atoms with van der Waals surface area (Å²) in [5.41, 5.74) is 6.66. The van der Waals surface area contributed by atoms with Gasteiger partial charge in [0.25, 0.3) is 0 Å². The fourth-order valence-corrected chi connectivity index (χ4v) is 1.89. The fraction of sp³-hybridized carbons (Fsp3) is 0.0667. The van der Waals surface area contributed by atoms with Crippen molar-refractivity contribution in [2.24, 2.45) is 0 Å². The van der Waals surface area contributed by atoms with E-state index in [4.69, 9.17) is 22.1 Å². The first-order valence-electron chi connectivity index (χ1n) is 5.88. The molecule has 0 atom stereocenters. The Kier molecular flexibility index (Phi) is 4.38. The lowest BCUT2D eigenvalue weighted by molar-refractivity contribution is 0.0475. The highest BCUT2D eigenvalue weighted by molar-refractivity contribution is 6.34. The van der Waals surface area contributed by atoms with Crippen LogP contribution in [0.4, 0.5) is 5.69 Å². The lowest BCUT2D eigenvalue weighted by atomic mass is 10.1. The quantitative estimate of drug-likeness (QED) is 0.534. The summed E-state index contributed by atoms with van der Waals surface area (Å²) in [6.45, 7) is -0.364. The van der Waals surface area contributed by atoms with Crippen LogP contribution in [0.5, 0.6) is 0 Å². The highest BCUT2D eigenvalue weighted by atomic mass is 35.5. The zero-order valence-electron chi connectivity index (χ0n) is 10.5. The van der Waals surface area contributed by atoms with Gasteiger partial charge in [-0.1, -0.05) is 29.8 Å². The summed E-state index contributed by atoms with van der Waals surface area (Å²) in [7, 11) is 0. The van der Waals surface area contributed by atoms with Crippen LogP contribution < -0.4 is 5.73 Å². The molecular formula is C15H12ClNO3. The Labute approximate surface area is 121 Å². The number of ether oxygens (including phenoxy) is 1. The van der Waals surface area contributed by atoms with E-state index in [1.807, 2.05) is 0 Å². The molecule has 0 aromatic heterocycles. The molecule has 0 saturated carbocycles. The fourth-order valence-electron chi connectivity index (χ4n) is 1.65. The lowest BCUT2D eigenvalue weighted by Gasteiger charge is -2.06. The standard InChI is InChI=1S/C15H12ClNO3/c16-13-7-2-1-6-12(13)14(18)9-20-15(19)10-4-3-5-11(17)8-10/h1-8H,9,17H2. The van der Waals surface area contributed by atoms with Crippen LogP contribution in [-0.4, -0.2) is 18.4 Å². The topological polar surface area (TPSA) is 69.4 Å². The van der Waals surface area contributed by atoms with Crippen LogP contribution in [0.3, 0.4) is 0 Å². The molecule has 0 aliphatic carbocycles. The molecule has 4 nitrogen and oxygen atoms in total. The minimum absolute atomic E-state index is 0.303. The Morgan fingerprint density at radius 1 is 1.10 bits per heavy atom. The van der Waals surface area contributed by atoms with Crippen LogP contribution >= 0.6 is 11.6 Å². The summed E-state index contributed by atoms with van der Waals surface area (Å²) in [6.07, 6.45) is 0. The van der Waals surface area contributed by atoms with Crippen LogP contribution in [0.25, 0.3) is 0 Å². The summed E-state index contributed by atoms with van der Waals surface area (Å²) < 4.78 is 4.95. The molecular weight excluding hydrogens is 278 g/mol. The normalized spacial score (nSPS) is 10.1. The number of anilines is 1. The van der Waals surface area contributed by atoms with Crippen LogP contribution in [0.1, 0.15) is 20.7 Å². The average molecular weight is 290 g/mol. The molecule has 0 aliphatic rings. The third kappa shape index (κ3) is 3.36. The summed E-state index contributed by atoms with van der Waals surface area (Å²) in [4.78, 5) is 23.6. The highest BCUT2D eigenvalue weighted by Gasteiger charge is 2.13. The number of rotatable bonds is 4. The third-order valence-corrected chi connectivity index (χ3v) is 2.96. The number of hydrogen-bond donors (Lipinski definition) is 1. The van der Waals surface area contributed by atoms with Gasteiger partial charge in [-0.25, -0.2) is 4.79 Å². The molecule has 2 rings (SSSR count). The lowest BCUT2D eigenvalue weighted by Crippen LogP contribution is -2.14. The number of hydrogen-bond acceptors (Lipinski definition) is 4. The third-order valence-electron chi connectivity index (χ3n) is 2.63. The van der Waals surface area contributed by atoms with Gasteiger partial charge in [-0.15, -0.1) is 0 Å². The van der Waals surface area contributed by atoms with Crippen molar-refractivity contribution in [2.45, 2.75) is 0 Å². The van der Waals surface area contributed by atoms with Crippen LogP contribution in [0, 0.1) is 0 Å². The first-order chi connectivity index (χ1) is 9.58. The number of esters is 1. The van der Waals surface area contributed by atoms with E-state index in [2.05, 4.69) is 0 Å². The molecule has 0 radical (unpaired) electrons. The highest BCUT2D eigenvalue weighted by Crippen LogP contribution is 2.16. The monoisotopic (exact) mass is 289 g/mol. The second-order valence-electron chi connectivity index (χ2n) is 4.10. The van der Waals surface area contributed by atoms with Gasteiger partial charge >= 0.3 is 5.97 Å². The summed E-state index contributed by atoms with van der Waals surface area (Å²) >= 11 is 5.89. The van der Waals surface area contributed by atoms with Crippen molar-refractivity contribution in [1.29, 1.82) is 0 Å². The number of halogens is 1. The summed E-state index contributed by atoms with van der Waals surface area (Å²) in [6, 6.07) is 13.0.